The Kier molecular flexibility index (Phi) is 4.62. The predicted octanol–water partition coefficient (Wildman–Crippen LogP) is 2.61. The number of hydrogen-bond donors (Lipinski definition) is 1. The Morgan fingerprint density at radius 1 is 1.47 bits per heavy atom. The molecule has 0 aromatic carbocycles. The van der Waals surface area contributed by atoms with Crippen LogP contribution in [-0.4, -0.2) is 20.1 Å². The third-order valence-electron chi connectivity index (χ3n) is 2.38. The second kappa shape index (κ2) is 6.04. The molecule has 5 nitrogen and oxygen atoms in total. The van der Waals surface area contributed by atoms with Crippen LogP contribution in [0.1, 0.15) is 17.9 Å². The molecule has 0 aliphatic carbocycles. The summed E-state index contributed by atoms with van der Waals surface area (Å²) in [6.07, 6.45) is 1.29. The van der Waals surface area contributed by atoms with Gasteiger partial charge in [-0.15, -0.1) is 11.3 Å². The normalized spacial score (nSPS) is 11.9. The van der Waals surface area contributed by atoms with Crippen molar-refractivity contribution in [1.29, 1.82) is 0 Å². The van der Waals surface area contributed by atoms with Crippen LogP contribution >= 0.6 is 22.9 Å². The molecular formula is C11H13ClN2O3S2. The van der Waals surface area contributed by atoms with E-state index in [1.165, 1.54) is 6.07 Å². The van der Waals surface area contributed by atoms with Gasteiger partial charge in [-0.05, 0) is 25.5 Å². The molecule has 0 unspecified atom stereocenters. The van der Waals surface area contributed by atoms with Crippen molar-refractivity contribution < 1.29 is 12.9 Å². The second-order valence-electron chi connectivity index (χ2n) is 3.99. The van der Waals surface area contributed by atoms with Crippen LogP contribution in [-0.2, 0) is 16.4 Å². The average Bonchev–Trinajstić information content (AvgIpc) is 2.94. The van der Waals surface area contributed by atoms with Gasteiger partial charge in [0, 0.05) is 19.0 Å². The zero-order valence-electron chi connectivity index (χ0n) is 10.2. The molecule has 1 N–H and O–H groups in total. The molecule has 8 heteroatoms. The van der Waals surface area contributed by atoms with E-state index >= 15 is 0 Å². The van der Waals surface area contributed by atoms with Crippen LogP contribution in [0.5, 0.6) is 0 Å². The van der Waals surface area contributed by atoms with Gasteiger partial charge >= 0.3 is 0 Å². The van der Waals surface area contributed by atoms with Gasteiger partial charge in [0.05, 0.1) is 10.0 Å². The lowest BCUT2D eigenvalue weighted by Crippen LogP contribution is -2.24. The van der Waals surface area contributed by atoms with Crippen LogP contribution in [0.3, 0.4) is 0 Å². The highest BCUT2D eigenvalue weighted by molar-refractivity contribution is 7.91. The third kappa shape index (κ3) is 4.04. The van der Waals surface area contributed by atoms with Crippen LogP contribution in [0, 0.1) is 6.92 Å². The highest BCUT2D eigenvalue weighted by Gasteiger charge is 2.15. The number of halogens is 1. The topological polar surface area (TPSA) is 72.2 Å². The van der Waals surface area contributed by atoms with Gasteiger partial charge in [0.2, 0.25) is 10.0 Å². The van der Waals surface area contributed by atoms with Crippen molar-refractivity contribution in [2.45, 2.75) is 24.0 Å². The van der Waals surface area contributed by atoms with E-state index in [0.29, 0.717) is 23.7 Å². The van der Waals surface area contributed by atoms with Gasteiger partial charge < -0.3 is 4.52 Å². The average molecular weight is 321 g/mol. The Morgan fingerprint density at radius 3 is 2.84 bits per heavy atom. The molecule has 0 bridgehead atoms. The third-order valence-corrected chi connectivity index (χ3v) is 5.57. The van der Waals surface area contributed by atoms with Crippen molar-refractivity contribution in [3.63, 3.8) is 0 Å². The Bertz CT molecular complexity index is 648. The Hall–Kier alpha value is -0.890. The Morgan fingerprint density at radius 2 is 2.26 bits per heavy atom. The highest BCUT2D eigenvalue weighted by atomic mass is 35.5. The summed E-state index contributed by atoms with van der Waals surface area (Å²) in [6, 6.07) is 4.90. The molecule has 2 heterocycles. The Labute approximate surface area is 120 Å². The van der Waals surface area contributed by atoms with Crippen LogP contribution in [0.2, 0.25) is 4.34 Å². The zero-order chi connectivity index (χ0) is 13.9. The molecule has 0 aliphatic heterocycles. The van der Waals surface area contributed by atoms with Crippen LogP contribution in [0.4, 0.5) is 0 Å². The number of hydrogen-bond acceptors (Lipinski definition) is 5. The molecule has 2 aromatic heterocycles. The molecule has 0 saturated heterocycles. The van der Waals surface area contributed by atoms with Gasteiger partial charge in [-0.25, -0.2) is 13.1 Å². The maximum atomic E-state index is 11.9. The fraction of sp³-hybridized carbons (Fsp3) is 0.364. The van der Waals surface area contributed by atoms with Gasteiger partial charge in [-0.3, -0.25) is 0 Å². The van der Waals surface area contributed by atoms with Gasteiger partial charge in [0.25, 0.3) is 0 Å². The fourth-order valence-corrected chi connectivity index (χ4v) is 4.12. The van der Waals surface area contributed by atoms with Crippen molar-refractivity contribution in [1.82, 2.24) is 9.88 Å². The van der Waals surface area contributed by atoms with E-state index in [-0.39, 0.29) is 4.21 Å². The predicted molar refractivity (Wildman–Crippen MR) is 74.1 cm³/mol. The summed E-state index contributed by atoms with van der Waals surface area (Å²) in [4.78, 5) is 0. The molecule has 0 saturated carbocycles. The lowest BCUT2D eigenvalue weighted by Gasteiger charge is -2.03. The number of thiophene rings is 1. The molecule has 2 aromatic rings. The quantitative estimate of drug-likeness (QED) is 0.830. The van der Waals surface area contributed by atoms with Gasteiger partial charge in [0.1, 0.15) is 9.97 Å². The van der Waals surface area contributed by atoms with Gasteiger partial charge in [-0.1, -0.05) is 16.8 Å². The first-order chi connectivity index (χ1) is 8.97. The maximum Gasteiger partial charge on any atom is 0.250 e. The number of aromatic nitrogens is 1. The summed E-state index contributed by atoms with van der Waals surface area (Å²) in [5, 5.41) is 3.77. The summed E-state index contributed by atoms with van der Waals surface area (Å²) in [6.45, 7) is 2.19. The van der Waals surface area contributed by atoms with Crippen molar-refractivity contribution >= 4 is 33.0 Å². The lowest BCUT2D eigenvalue weighted by atomic mass is 10.2. The summed E-state index contributed by atoms with van der Waals surface area (Å²) < 4.78 is 32.0. The number of nitrogens with zero attached hydrogens (tertiary/aromatic N) is 1. The number of nitrogens with one attached hydrogen (secondary N) is 1. The Balaban J connectivity index is 1.82. The summed E-state index contributed by atoms with van der Waals surface area (Å²) in [7, 11) is -3.45. The van der Waals surface area contributed by atoms with E-state index in [1.54, 1.807) is 6.07 Å². The molecule has 0 atom stereocenters. The van der Waals surface area contributed by atoms with Crippen molar-refractivity contribution in [3.05, 3.63) is 34.0 Å². The minimum atomic E-state index is -3.45. The highest BCUT2D eigenvalue weighted by Crippen LogP contribution is 2.25. The summed E-state index contributed by atoms with van der Waals surface area (Å²) >= 11 is 6.76. The van der Waals surface area contributed by atoms with Crippen molar-refractivity contribution in [3.8, 4) is 0 Å². The number of rotatable bonds is 6. The van der Waals surface area contributed by atoms with Crippen molar-refractivity contribution in [2.24, 2.45) is 0 Å². The molecule has 19 heavy (non-hydrogen) atoms. The van der Waals surface area contributed by atoms with Crippen molar-refractivity contribution in [2.75, 3.05) is 6.54 Å². The molecule has 0 radical (unpaired) electrons. The van der Waals surface area contributed by atoms with E-state index in [2.05, 4.69) is 9.88 Å². The minimum absolute atomic E-state index is 0.230. The molecule has 0 aliphatic rings. The van der Waals surface area contributed by atoms with Crippen LogP contribution in [0.25, 0.3) is 0 Å². The smallest absolute Gasteiger partial charge is 0.250 e. The first-order valence-corrected chi connectivity index (χ1v) is 8.32. The largest absolute Gasteiger partial charge is 0.361 e. The van der Waals surface area contributed by atoms with E-state index in [0.717, 1.165) is 22.8 Å². The SMILES string of the molecule is Cc1cc(CCCNS(=O)(=O)c2ccc(Cl)s2)on1. The minimum Gasteiger partial charge on any atom is -0.361 e. The van der Waals surface area contributed by atoms with E-state index in [9.17, 15) is 8.42 Å². The number of sulfonamides is 1. The number of aryl methyl sites for hydroxylation is 2. The first-order valence-electron chi connectivity index (χ1n) is 5.64. The standard InChI is InChI=1S/C11H13ClN2O3S2/c1-8-7-9(17-14-8)3-2-6-13-19(15,16)11-5-4-10(12)18-11/h4-5,7,13H,2-3,6H2,1H3. The molecule has 0 fully saturated rings. The zero-order valence-corrected chi connectivity index (χ0v) is 12.6. The monoisotopic (exact) mass is 320 g/mol. The van der Waals surface area contributed by atoms with E-state index in [1.807, 2.05) is 13.0 Å². The summed E-state index contributed by atoms with van der Waals surface area (Å²) in [5.74, 6) is 0.760. The van der Waals surface area contributed by atoms with E-state index < -0.39 is 10.0 Å². The maximum absolute atomic E-state index is 11.9. The first kappa shape index (κ1) is 14.5. The van der Waals surface area contributed by atoms with Gasteiger partial charge in [-0.2, -0.15) is 0 Å². The second-order valence-corrected chi connectivity index (χ2v) is 7.70. The molecule has 0 spiro atoms. The van der Waals surface area contributed by atoms with Crippen LogP contribution < -0.4 is 4.72 Å². The fourth-order valence-electron chi connectivity index (χ4n) is 1.52. The molecule has 104 valence electrons. The van der Waals surface area contributed by atoms with Crippen LogP contribution in [0.15, 0.2) is 26.9 Å². The van der Waals surface area contributed by atoms with E-state index in [4.69, 9.17) is 16.1 Å². The molecular weight excluding hydrogens is 308 g/mol. The summed E-state index contributed by atoms with van der Waals surface area (Å²) in [5.41, 5.74) is 0.823. The molecule has 2 rings (SSSR count). The lowest BCUT2D eigenvalue weighted by molar-refractivity contribution is 0.377. The molecule has 0 amide bonds. The van der Waals surface area contributed by atoms with Gasteiger partial charge in [0.15, 0.2) is 0 Å².